The Labute approximate surface area is 168 Å². The second-order valence-electron chi connectivity index (χ2n) is 6.11. The molecule has 1 aromatic heterocycles. The Kier molecular flexibility index (Phi) is 6.17. The van der Waals surface area contributed by atoms with Crippen molar-refractivity contribution in [2.75, 3.05) is 20.5 Å². The van der Waals surface area contributed by atoms with Crippen LogP contribution < -0.4 is 4.74 Å². The minimum Gasteiger partial charge on any atom is -0.508 e. The Hall–Kier alpha value is -3.76. The van der Waals surface area contributed by atoms with Gasteiger partial charge in [-0.25, -0.2) is 4.79 Å². The number of methoxy groups -OCH3 is 1. The Morgan fingerprint density at radius 1 is 1.21 bits per heavy atom. The number of hydrogen-bond donors (Lipinski definition) is 1. The van der Waals surface area contributed by atoms with Crippen molar-refractivity contribution in [3.05, 3.63) is 66.0 Å². The molecule has 1 N–H and O–H groups in total. The van der Waals surface area contributed by atoms with Crippen molar-refractivity contribution in [1.82, 2.24) is 4.57 Å². The standard InChI is InChI=1S/C22H20N2O5/c1-3-28-22(26)19-8-7-17(10-21(19)29-14-27-2)24-12-16(11-23)20(13-24)15-5-4-6-18(25)9-15/h4-10,12-13,25H,3,14H2,1-2H3. The van der Waals surface area contributed by atoms with Gasteiger partial charge in [0.15, 0.2) is 6.79 Å². The minimum absolute atomic E-state index is 0.0282. The molecule has 0 spiro atoms. The second-order valence-corrected chi connectivity index (χ2v) is 6.11. The van der Waals surface area contributed by atoms with Crippen molar-refractivity contribution in [3.8, 4) is 34.4 Å². The summed E-state index contributed by atoms with van der Waals surface area (Å²) in [5.41, 5.74) is 2.82. The highest BCUT2D eigenvalue weighted by atomic mass is 16.7. The zero-order valence-corrected chi connectivity index (χ0v) is 16.1. The maximum atomic E-state index is 12.2. The minimum atomic E-state index is -0.490. The third kappa shape index (κ3) is 4.39. The first-order valence-electron chi connectivity index (χ1n) is 8.92. The molecule has 0 aliphatic rings. The summed E-state index contributed by atoms with van der Waals surface area (Å²) in [7, 11) is 1.49. The number of esters is 1. The summed E-state index contributed by atoms with van der Waals surface area (Å²) in [4.78, 5) is 12.2. The number of hydrogen-bond acceptors (Lipinski definition) is 6. The van der Waals surface area contributed by atoms with Crippen molar-refractivity contribution in [2.45, 2.75) is 6.92 Å². The molecular weight excluding hydrogens is 372 g/mol. The molecule has 2 aromatic carbocycles. The molecule has 7 nitrogen and oxygen atoms in total. The number of carbonyl (C=O) groups excluding carboxylic acids is 1. The van der Waals surface area contributed by atoms with Crippen LogP contribution in [0.5, 0.6) is 11.5 Å². The SMILES string of the molecule is CCOC(=O)c1ccc(-n2cc(C#N)c(-c3cccc(O)c3)c2)cc1OCOC. The van der Waals surface area contributed by atoms with Gasteiger partial charge in [-0.2, -0.15) is 5.26 Å². The van der Waals surface area contributed by atoms with Crippen molar-refractivity contribution in [1.29, 1.82) is 5.26 Å². The molecule has 148 valence electrons. The third-order valence-corrected chi connectivity index (χ3v) is 4.20. The predicted molar refractivity (Wildman–Crippen MR) is 106 cm³/mol. The number of benzene rings is 2. The van der Waals surface area contributed by atoms with Crippen molar-refractivity contribution >= 4 is 5.97 Å². The molecule has 29 heavy (non-hydrogen) atoms. The molecule has 3 rings (SSSR count). The van der Waals surface area contributed by atoms with E-state index in [9.17, 15) is 15.2 Å². The van der Waals surface area contributed by atoms with Gasteiger partial charge in [0.25, 0.3) is 0 Å². The normalized spacial score (nSPS) is 10.4. The van der Waals surface area contributed by atoms with Crippen LogP contribution in [0.15, 0.2) is 54.9 Å². The number of carbonyl (C=O) groups is 1. The summed E-state index contributed by atoms with van der Waals surface area (Å²) in [5, 5.41) is 19.3. The molecule has 0 aliphatic heterocycles. The smallest absolute Gasteiger partial charge is 0.341 e. The van der Waals surface area contributed by atoms with Gasteiger partial charge in [-0.05, 0) is 36.8 Å². The van der Waals surface area contributed by atoms with Crippen LogP contribution in [0.25, 0.3) is 16.8 Å². The molecule has 3 aromatic rings. The number of rotatable bonds is 7. The van der Waals surface area contributed by atoms with Gasteiger partial charge in [0, 0.05) is 36.8 Å². The molecule has 0 saturated heterocycles. The van der Waals surface area contributed by atoms with E-state index in [2.05, 4.69) is 6.07 Å². The van der Waals surface area contributed by atoms with Crippen LogP contribution in [0, 0.1) is 11.3 Å². The fourth-order valence-electron chi connectivity index (χ4n) is 2.89. The van der Waals surface area contributed by atoms with Gasteiger partial charge in [-0.1, -0.05) is 12.1 Å². The highest BCUT2D eigenvalue weighted by Gasteiger charge is 2.17. The number of aromatic nitrogens is 1. The molecule has 0 radical (unpaired) electrons. The van der Waals surface area contributed by atoms with Gasteiger partial charge in [-0.3, -0.25) is 0 Å². The largest absolute Gasteiger partial charge is 0.508 e. The Morgan fingerprint density at radius 2 is 2.03 bits per heavy atom. The van der Waals surface area contributed by atoms with E-state index < -0.39 is 5.97 Å². The van der Waals surface area contributed by atoms with Gasteiger partial charge in [-0.15, -0.1) is 0 Å². The molecule has 0 bridgehead atoms. The topological polar surface area (TPSA) is 93.7 Å². The predicted octanol–water partition coefficient (Wildman–Crippen LogP) is 3.88. The monoisotopic (exact) mass is 392 g/mol. The number of ether oxygens (including phenoxy) is 3. The lowest BCUT2D eigenvalue weighted by Crippen LogP contribution is -2.10. The van der Waals surface area contributed by atoms with E-state index in [1.54, 1.807) is 60.3 Å². The lowest BCUT2D eigenvalue weighted by molar-refractivity contribution is 0.0438. The zero-order chi connectivity index (χ0) is 20.8. The highest BCUT2D eigenvalue weighted by molar-refractivity contribution is 5.93. The van der Waals surface area contributed by atoms with E-state index in [-0.39, 0.29) is 24.7 Å². The van der Waals surface area contributed by atoms with Crippen molar-refractivity contribution < 1.29 is 24.1 Å². The highest BCUT2D eigenvalue weighted by Crippen LogP contribution is 2.30. The van der Waals surface area contributed by atoms with E-state index >= 15 is 0 Å². The molecule has 0 amide bonds. The van der Waals surface area contributed by atoms with Crippen LogP contribution in [0.4, 0.5) is 0 Å². The number of phenols is 1. The molecular formula is C22H20N2O5. The van der Waals surface area contributed by atoms with E-state index in [1.807, 2.05) is 6.07 Å². The summed E-state index contributed by atoms with van der Waals surface area (Å²) in [6.45, 7) is 1.95. The van der Waals surface area contributed by atoms with Gasteiger partial charge >= 0.3 is 5.97 Å². The van der Waals surface area contributed by atoms with Crippen LogP contribution in [-0.2, 0) is 9.47 Å². The fourth-order valence-corrected chi connectivity index (χ4v) is 2.89. The average Bonchev–Trinajstić information content (AvgIpc) is 3.17. The van der Waals surface area contributed by atoms with Gasteiger partial charge in [0.1, 0.15) is 23.1 Å². The van der Waals surface area contributed by atoms with E-state index in [0.717, 1.165) is 5.56 Å². The summed E-state index contributed by atoms with van der Waals surface area (Å²) in [6.07, 6.45) is 3.46. The molecule has 0 aliphatic carbocycles. The van der Waals surface area contributed by atoms with E-state index in [1.165, 1.54) is 7.11 Å². The van der Waals surface area contributed by atoms with Crippen LogP contribution >= 0.6 is 0 Å². The molecule has 1 heterocycles. The first kappa shape index (κ1) is 20.0. The Morgan fingerprint density at radius 3 is 2.72 bits per heavy atom. The van der Waals surface area contributed by atoms with Crippen LogP contribution in [0.1, 0.15) is 22.8 Å². The van der Waals surface area contributed by atoms with Crippen LogP contribution in [0.3, 0.4) is 0 Å². The quantitative estimate of drug-likeness (QED) is 0.484. The molecule has 0 atom stereocenters. The Balaban J connectivity index is 2.04. The second kappa shape index (κ2) is 8.95. The summed E-state index contributed by atoms with van der Waals surface area (Å²) in [5.74, 6) is -0.0575. The summed E-state index contributed by atoms with van der Waals surface area (Å²) < 4.78 is 17.3. The first-order chi connectivity index (χ1) is 14.1. The zero-order valence-electron chi connectivity index (χ0n) is 16.1. The van der Waals surface area contributed by atoms with Gasteiger partial charge in [0.2, 0.25) is 0 Å². The van der Waals surface area contributed by atoms with Gasteiger partial charge in [0.05, 0.1) is 12.2 Å². The maximum absolute atomic E-state index is 12.2. The molecule has 7 heteroatoms. The number of nitriles is 1. The molecule has 0 fully saturated rings. The average molecular weight is 392 g/mol. The van der Waals surface area contributed by atoms with E-state index in [0.29, 0.717) is 22.6 Å². The van der Waals surface area contributed by atoms with Gasteiger partial charge < -0.3 is 23.9 Å². The molecule has 0 unspecified atom stereocenters. The number of aromatic hydroxyl groups is 1. The van der Waals surface area contributed by atoms with Crippen LogP contribution in [-0.4, -0.2) is 36.2 Å². The summed E-state index contributed by atoms with van der Waals surface area (Å²) >= 11 is 0. The first-order valence-corrected chi connectivity index (χ1v) is 8.92. The Bertz CT molecular complexity index is 1070. The maximum Gasteiger partial charge on any atom is 0.341 e. The number of nitrogens with zero attached hydrogens (tertiary/aromatic N) is 2. The fraction of sp³-hybridized carbons (Fsp3) is 0.182. The van der Waals surface area contributed by atoms with E-state index in [4.69, 9.17) is 14.2 Å². The lowest BCUT2D eigenvalue weighted by Gasteiger charge is -2.12. The van der Waals surface area contributed by atoms with Crippen molar-refractivity contribution in [2.24, 2.45) is 0 Å². The van der Waals surface area contributed by atoms with Crippen molar-refractivity contribution in [3.63, 3.8) is 0 Å². The third-order valence-electron chi connectivity index (χ3n) is 4.20. The summed E-state index contributed by atoms with van der Waals surface area (Å²) in [6, 6.07) is 13.9. The molecule has 0 saturated carbocycles. The lowest BCUT2D eigenvalue weighted by atomic mass is 10.1. The number of phenolic OH excluding ortho intramolecular Hbond substituents is 1. The van der Waals surface area contributed by atoms with Crippen LogP contribution in [0.2, 0.25) is 0 Å².